The van der Waals surface area contributed by atoms with Crippen LogP contribution in [0.2, 0.25) is 0 Å². The molecule has 0 bridgehead atoms. The molecular formula is C38H58N8O8. The van der Waals surface area contributed by atoms with E-state index in [4.69, 9.17) is 28.9 Å². The summed E-state index contributed by atoms with van der Waals surface area (Å²) >= 11 is 0. The van der Waals surface area contributed by atoms with Crippen LogP contribution in [-0.2, 0) is 28.5 Å². The van der Waals surface area contributed by atoms with Gasteiger partial charge in [0.2, 0.25) is 11.8 Å². The number of methoxy groups -OCH3 is 4. The van der Waals surface area contributed by atoms with E-state index in [1.165, 1.54) is 54.1 Å². The Morgan fingerprint density at radius 1 is 0.648 bits per heavy atom. The molecule has 298 valence electrons. The fourth-order valence-corrected chi connectivity index (χ4v) is 9.37. The van der Waals surface area contributed by atoms with Gasteiger partial charge in [-0.1, -0.05) is 0 Å². The first-order valence-electron chi connectivity index (χ1n) is 19.6. The molecule has 6 rings (SSSR count). The highest BCUT2D eigenvalue weighted by Crippen LogP contribution is 2.46. The predicted octanol–water partition coefficient (Wildman–Crippen LogP) is 4.45. The zero-order valence-corrected chi connectivity index (χ0v) is 32.1. The smallest absolute Gasteiger partial charge is 0.407 e. The highest BCUT2D eigenvalue weighted by atomic mass is 16.5. The van der Waals surface area contributed by atoms with Crippen molar-refractivity contribution in [3.8, 4) is 0 Å². The number of ether oxygens (including phenoxy) is 4. The second-order valence-electron chi connectivity index (χ2n) is 15.3. The second kappa shape index (κ2) is 18.4. The summed E-state index contributed by atoms with van der Waals surface area (Å²) < 4.78 is 19.9. The topological polar surface area (TPSA) is 193 Å². The lowest BCUT2D eigenvalue weighted by Gasteiger charge is -2.37. The molecule has 54 heavy (non-hydrogen) atoms. The van der Waals surface area contributed by atoms with Crippen LogP contribution in [0, 0.1) is 11.8 Å². The Kier molecular flexibility index (Phi) is 13.5. The van der Waals surface area contributed by atoms with Crippen LogP contribution >= 0.6 is 0 Å². The Balaban J connectivity index is 0.980. The second-order valence-corrected chi connectivity index (χ2v) is 15.3. The maximum Gasteiger partial charge on any atom is 0.407 e. The summed E-state index contributed by atoms with van der Waals surface area (Å²) in [6.07, 6.45) is 15.3. The van der Waals surface area contributed by atoms with Gasteiger partial charge in [-0.25, -0.2) is 19.6 Å². The van der Waals surface area contributed by atoms with E-state index in [0.717, 1.165) is 86.2 Å². The number of aromatic nitrogens is 4. The van der Waals surface area contributed by atoms with E-state index in [9.17, 15) is 19.2 Å². The molecule has 4 fully saturated rings. The Hall–Kier alpha value is -4.18. The Morgan fingerprint density at radius 2 is 1.04 bits per heavy atom. The van der Waals surface area contributed by atoms with Gasteiger partial charge in [0.05, 0.1) is 39.5 Å². The average Bonchev–Trinajstić information content (AvgIpc) is 4.04. The zero-order chi connectivity index (χ0) is 38.2. The quantitative estimate of drug-likeness (QED) is 0.227. The fourth-order valence-electron chi connectivity index (χ4n) is 9.37. The van der Waals surface area contributed by atoms with E-state index in [0.29, 0.717) is 24.9 Å². The molecule has 2 saturated carbocycles. The molecule has 0 aromatic carbocycles. The molecule has 16 nitrogen and oxygen atoms in total. The molecule has 16 heteroatoms. The van der Waals surface area contributed by atoms with Crippen LogP contribution in [0.3, 0.4) is 0 Å². The van der Waals surface area contributed by atoms with Gasteiger partial charge in [0.1, 0.15) is 23.7 Å². The van der Waals surface area contributed by atoms with E-state index in [1.54, 1.807) is 9.80 Å². The third-order valence-corrected chi connectivity index (χ3v) is 12.2. The van der Waals surface area contributed by atoms with Gasteiger partial charge in [-0.3, -0.25) is 9.59 Å². The van der Waals surface area contributed by atoms with E-state index in [2.05, 4.69) is 20.6 Å². The summed E-state index contributed by atoms with van der Waals surface area (Å²) in [5.41, 5.74) is 2.30. The number of hydrogen-bond donors (Lipinski definition) is 4. The molecule has 2 aliphatic carbocycles. The maximum absolute atomic E-state index is 13.4. The zero-order valence-electron chi connectivity index (χ0n) is 32.1. The maximum atomic E-state index is 13.4. The van der Waals surface area contributed by atoms with Gasteiger partial charge in [-0.05, 0) is 88.9 Å². The number of carbonyl (C=O) groups excluding carboxylic acids is 4. The molecule has 2 aromatic rings. The summed E-state index contributed by atoms with van der Waals surface area (Å²) in [4.78, 5) is 70.9. The van der Waals surface area contributed by atoms with Crippen molar-refractivity contribution in [3.05, 3.63) is 35.4 Å². The Labute approximate surface area is 317 Å². The average molecular weight is 755 g/mol. The molecular weight excluding hydrogens is 696 g/mol. The number of nitrogens with zero attached hydrogens (tertiary/aromatic N) is 4. The molecule has 4 atom stereocenters. The fraction of sp³-hybridized carbons (Fsp3) is 0.737. The van der Waals surface area contributed by atoms with Crippen LogP contribution < -0.4 is 10.6 Å². The lowest BCUT2D eigenvalue weighted by Crippen LogP contribution is -2.50. The SMILES string of the molecule is COC[C@H](NC(=O)OC)C(=O)N1CCC[C@H]1c1ncc(C2CCC(C3CCC(c4cnc([C@@H]5CCCN5C(=O)[C@H](COC)NC(=O)OC)[nH]4)CC3)CC2)[nH]1. The van der Waals surface area contributed by atoms with Gasteiger partial charge in [-0.15, -0.1) is 0 Å². The summed E-state index contributed by atoms with van der Waals surface area (Å²) in [6.45, 7) is 1.33. The number of alkyl carbamates (subject to hydrolysis) is 2. The van der Waals surface area contributed by atoms with Crippen molar-refractivity contribution in [3.63, 3.8) is 0 Å². The molecule has 4 heterocycles. The molecule has 0 radical (unpaired) electrons. The number of aromatic amines is 2. The van der Waals surface area contributed by atoms with E-state index < -0.39 is 24.3 Å². The molecule has 4 amide bonds. The number of carbonyl (C=O) groups is 4. The number of H-pyrrole nitrogens is 2. The third-order valence-electron chi connectivity index (χ3n) is 12.2. The van der Waals surface area contributed by atoms with E-state index in [1.807, 2.05) is 12.4 Å². The summed E-state index contributed by atoms with van der Waals surface area (Å²) in [5.74, 6) is 3.54. The molecule has 0 unspecified atom stereocenters. The van der Waals surface area contributed by atoms with Crippen molar-refractivity contribution in [1.29, 1.82) is 0 Å². The molecule has 2 saturated heterocycles. The molecule has 4 aliphatic rings. The largest absolute Gasteiger partial charge is 0.453 e. The van der Waals surface area contributed by atoms with Crippen LogP contribution in [0.1, 0.15) is 124 Å². The highest BCUT2D eigenvalue weighted by Gasteiger charge is 2.39. The van der Waals surface area contributed by atoms with Crippen molar-refractivity contribution in [2.24, 2.45) is 11.8 Å². The standard InChI is InChI=1S/C38H58N8O8/c1-51-21-29(43-37(49)53-3)35(47)45-17-5-7-31(45)33-39-19-27(41-33)25-13-9-23(10-14-25)24-11-15-26(16-12-24)28-20-40-34(42-28)32-8-6-18-46(32)36(48)30(22-52-2)44-38(50)54-4/h19-20,23-26,29-32H,5-18,21-22H2,1-4H3,(H,39,41)(H,40,42)(H,43,49)(H,44,50)/t23?,24?,25?,26?,29-,30-,31-,32-/m0/s1. The van der Waals surface area contributed by atoms with Crippen LogP contribution in [0.5, 0.6) is 0 Å². The molecule has 0 spiro atoms. The minimum atomic E-state index is -0.821. The number of nitrogens with one attached hydrogen (secondary N) is 4. The number of likely N-dealkylation sites (tertiary alicyclic amines) is 2. The van der Waals surface area contributed by atoms with Crippen LogP contribution in [-0.4, -0.2) is 121 Å². The van der Waals surface area contributed by atoms with Crippen molar-refractivity contribution in [2.45, 2.75) is 113 Å². The summed E-state index contributed by atoms with van der Waals surface area (Å²) in [7, 11) is 5.55. The first kappa shape index (κ1) is 39.5. The molecule has 4 N–H and O–H groups in total. The van der Waals surface area contributed by atoms with E-state index in [-0.39, 0.29) is 37.1 Å². The minimum absolute atomic E-state index is 0.0639. The number of hydrogen-bond acceptors (Lipinski definition) is 10. The van der Waals surface area contributed by atoms with Gasteiger partial charge in [0, 0.05) is 62.9 Å². The van der Waals surface area contributed by atoms with Gasteiger partial charge < -0.3 is 49.3 Å². The lowest BCUT2D eigenvalue weighted by molar-refractivity contribution is -0.136. The third kappa shape index (κ3) is 9.02. The van der Waals surface area contributed by atoms with Gasteiger partial charge in [-0.2, -0.15) is 0 Å². The summed E-state index contributed by atoms with van der Waals surface area (Å²) in [5, 5.41) is 5.21. The van der Waals surface area contributed by atoms with Crippen LogP contribution in [0.4, 0.5) is 9.59 Å². The van der Waals surface area contributed by atoms with Crippen molar-refractivity contribution < 1.29 is 38.1 Å². The first-order valence-corrected chi connectivity index (χ1v) is 19.6. The van der Waals surface area contributed by atoms with Gasteiger partial charge >= 0.3 is 12.2 Å². The molecule has 2 aliphatic heterocycles. The highest BCUT2D eigenvalue weighted by molar-refractivity contribution is 5.87. The van der Waals surface area contributed by atoms with Gasteiger partial charge in [0.15, 0.2) is 0 Å². The number of amides is 4. The Morgan fingerprint density at radius 3 is 1.39 bits per heavy atom. The molecule has 2 aromatic heterocycles. The van der Waals surface area contributed by atoms with Gasteiger partial charge in [0.25, 0.3) is 0 Å². The number of rotatable bonds is 13. The van der Waals surface area contributed by atoms with Crippen molar-refractivity contribution in [2.75, 3.05) is 54.7 Å². The lowest BCUT2D eigenvalue weighted by atomic mass is 9.68. The summed E-state index contributed by atoms with van der Waals surface area (Å²) in [6, 6.07) is -1.96. The van der Waals surface area contributed by atoms with E-state index >= 15 is 0 Å². The first-order chi connectivity index (χ1) is 26.2. The van der Waals surface area contributed by atoms with Crippen molar-refractivity contribution >= 4 is 24.0 Å². The monoisotopic (exact) mass is 754 g/mol. The number of imidazole rings is 2. The normalized spacial score (nSPS) is 27.0. The predicted molar refractivity (Wildman–Crippen MR) is 196 cm³/mol. The van der Waals surface area contributed by atoms with Crippen molar-refractivity contribution in [1.82, 2.24) is 40.4 Å². The van der Waals surface area contributed by atoms with Crippen LogP contribution in [0.15, 0.2) is 12.4 Å². The minimum Gasteiger partial charge on any atom is -0.453 e. The van der Waals surface area contributed by atoms with Crippen LogP contribution in [0.25, 0.3) is 0 Å². The Bertz CT molecular complexity index is 1450.